The van der Waals surface area contributed by atoms with Crippen molar-refractivity contribution in [2.24, 2.45) is 0 Å². The number of likely N-dealkylation sites (tertiary alicyclic amines) is 1. The van der Waals surface area contributed by atoms with Crippen molar-refractivity contribution in [2.75, 3.05) is 19.7 Å². The average molecular weight is 735 g/mol. The maximum Gasteiger partial charge on any atom is 0.245 e. The molecule has 0 saturated carbocycles. The predicted octanol–water partition coefficient (Wildman–Crippen LogP) is 6.82. The summed E-state index contributed by atoms with van der Waals surface area (Å²) in [7, 11) is 0. The van der Waals surface area contributed by atoms with Crippen molar-refractivity contribution in [2.45, 2.75) is 78.8 Å². The second-order valence-electron chi connectivity index (χ2n) is 11.5. The number of fused-ring (bicyclic) bond motifs is 1. The van der Waals surface area contributed by atoms with E-state index in [1.165, 1.54) is 5.56 Å². The minimum atomic E-state index is -0.399. The topological polar surface area (TPSA) is 131 Å². The van der Waals surface area contributed by atoms with Gasteiger partial charge in [-0.05, 0) is 55.5 Å². The van der Waals surface area contributed by atoms with E-state index in [1.807, 2.05) is 37.4 Å². The smallest absolute Gasteiger partial charge is 0.245 e. The molecule has 12 heteroatoms. The summed E-state index contributed by atoms with van der Waals surface area (Å²) >= 11 is 1.63. The van der Waals surface area contributed by atoms with Crippen LogP contribution >= 0.6 is 11.3 Å². The Hall–Kier alpha value is -2.96. The summed E-state index contributed by atoms with van der Waals surface area (Å²) in [5.74, 6) is 1.39. The minimum Gasteiger partial charge on any atom is -0.622 e. The molecule has 1 fully saturated rings. The normalized spacial score (nSPS) is 12.5. The van der Waals surface area contributed by atoms with Gasteiger partial charge in [0.1, 0.15) is 18.1 Å². The molecular weight excluding hydrogens is 689 g/mol. The Kier molecular flexibility index (Phi) is 15.7. The number of benzene rings is 1. The van der Waals surface area contributed by atoms with Gasteiger partial charge in [-0.25, -0.2) is 0 Å². The number of rotatable bonds is 13. The van der Waals surface area contributed by atoms with Crippen molar-refractivity contribution in [3.63, 3.8) is 0 Å². The molecule has 3 N–H and O–H groups in total. The third kappa shape index (κ3) is 11.0. The molecule has 2 amide bonds. The molecule has 4 heterocycles. The first kappa shape index (κ1) is 38.5. The van der Waals surface area contributed by atoms with Gasteiger partial charge in [0.15, 0.2) is 0 Å². The Balaban J connectivity index is 0.000000397. The monoisotopic (exact) mass is 734 g/mol. The first-order valence-corrected chi connectivity index (χ1v) is 16.8. The minimum absolute atomic E-state index is 0. The molecule has 1 radical (unpaired) electrons. The van der Waals surface area contributed by atoms with Gasteiger partial charge in [-0.15, -0.1) is 17.0 Å². The van der Waals surface area contributed by atoms with E-state index in [0.29, 0.717) is 13.1 Å². The largest absolute Gasteiger partial charge is 0.622 e. The van der Waals surface area contributed by atoms with Crippen LogP contribution in [-0.2, 0) is 48.7 Å². The molecule has 3 aromatic heterocycles. The van der Waals surface area contributed by atoms with Crippen molar-refractivity contribution in [3.05, 3.63) is 71.4 Å². The summed E-state index contributed by atoms with van der Waals surface area (Å²) < 4.78 is 7.30. The summed E-state index contributed by atoms with van der Waals surface area (Å²) in [5.41, 5.74) is 12.5. The fraction of sp³-hybridized carbons (Fsp3) is 0.429. The van der Waals surface area contributed by atoms with Gasteiger partial charge in [-0.3, -0.25) is 19.6 Å². The van der Waals surface area contributed by atoms with Gasteiger partial charge in [0.25, 0.3) is 0 Å². The van der Waals surface area contributed by atoms with Gasteiger partial charge in [0.05, 0.1) is 20.8 Å². The van der Waals surface area contributed by atoms with E-state index in [-0.39, 0.29) is 56.6 Å². The number of thiophene rings is 1. The third-order valence-electron chi connectivity index (χ3n) is 7.73. The van der Waals surface area contributed by atoms with Gasteiger partial charge in [-0.2, -0.15) is 0 Å². The van der Waals surface area contributed by atoms with E-state index in [1.54, 1.807) is 29.4 Å². The summed E-state index contributed by atoms with van der Waals surface area (Å²) in [6, 6.07) is 14.4. The number of aliphatic hydroxyl groups is 1. The Morgan fingerprint density at radius 1 is 1.06 bits per heavy atom. The van der Waals surface area contributed by atoms with Crippen molar-refractivity contribution in [1.82, 2.24) is 25.6 Å². The summed E-state index contributed by atoms with van der Waals surface area (Å²) in [6.07, 6.45) is 8.80. The van der Waals surface area contributed by atoms with E-state index >= 15 is 0 Å². The van der Waals surface area contributed by atoms with E-state index in [9.17, 15) is 9.59 Å². The third-order valence-corrected chi connectivity index (χ3v) is 8.89. The first-order chi connectivity index (χ1) is 22.2. The fourth-order valence-corrected chi connectivity index (χ4v) is 6.12. The number of hydrogen-bond acceptors (Lipinski definition) is 8. The van der Waals surface area contributed by atoms with Gasteiger partial charge >= 0.3 is 0 Å². The van der Waals surface area contributed by atoms with Crippen LogP contribution in [0.25, 0.3) is 26.2 Å². The van der Waals surface area contributed by atoms with Gasteiger partial charge in [-0.1, -0.05) is 51.8 Å². The second kappa shape index (κ2) is 19.1. The Labute approximate surface area is 307 Å². The zero-order chi connectivity index (χ0) is 33.1. The molecule has 4 aromatic rings. The van der Waals surface area contributed by atoms with Crippen molar-refractivity contribution in [3.8, 4) is 22.1 Å². The molecule has 47 heavy (non-hydrogen) atoms. The number of aliphatic hydroxyl groups excluding tert-OH is 1. The maximum absolute atomic E-state index is 11.3. The van der Waals surface area contributed by atoms with Crippen LogP contribution in [0.2, 0.25) is 0 Å². The van der Waals surface area contributed by atoms with Crippen molar-refractivity contribution in [1.29, 1.82) is 0 Å². The number of nitrogens with zero attached hydrogens (tertiary/aromatic N) is 4. The number of ether oxygens (including phenoxy) is 1. The first-order valence-electron chi connectivity index (χ1n) is 16.0. The molecule has 0 aliphatic carbocycles. The van der Waals surface area contributed by atoms with Crippen LogP contribution in [0.5, 0.6) is 11.5 Å². The van der Waals surface area contributed by atoms with Crippen LogP contribution in [0, 0.1) is 6.92 Å². The van der Waals surface area contributed by atoms with E-state index < -0.39 is 6.61 Å². The quantitative estimate of drug-likeness (QED) is 0.129. The van der Waals surface area contributed by atoms with E-state index in [4.69, 9.17) is 9.84 Å². The molecule has 1 aliphatic rings. The molecular formula is C35H45N6O4SY-. The van der Waals surface area contributed by atoms with Gasteiger partial charge in [0, 0.05) is 83.3 Å². The number of aryl methyl sites for hydroxylation is 2. The molecule has 0 spiro atoms. The number of hydrogen-bond donors (Lipinski definition) is 3. The van der Waals surface area contributed by atoms with E-state index in [0.717, 1.165) is 75.6 Å². The molecule has 1 aromatic carbocycles. The molecule has 0 bridgehead atoms. The van der Waals surface area contributed by atoms with E-state index in [2.05, 4.69) is 65.1 Å². The standard InChI is InChI=1S/C26H26N5O2S.C9H19NO2.Y/c1-4-18-5-7-21(28-13-18)25-12-22-26(34-25)24(9-10-27-22)33-23-8-6-19(11-16(23)2)29-30-20-14-31(15-20)17(3)32;1-3-5-8(6-4-2)10-9(12)7-11;/h5-13,20,30H,4,14-15H2,1-3H3;8,11H,3-7H2,1-2H3,(H,10,12);/q-1;;. The Morgan fingerprint density at radius 3 is 2.40 bits per heavy atom. The maximum atomic E-state index is 11.3. The number of pyridine rings is 2. The number of carbonyl (C=O) groups excluding carboxylic acids is 2. The number of aromatic nitrogens is 2. The van der Waals surface area contributed by atoms with Crippen LogP contribution in [0.1, 0.15) is 64.5 Å². The van der Waals surface area contributed by atoms with Gasteiger partial charge < -0.3 is 30.9 Å². The molecule has 5 rings (SSSR count). The molecule has 0 atom stereocenters. The molecule has 1 saturated heterocycles. The SMILES string of the molecule is CCCC(CCC)NC(=O)CO.CCc1ccc(-c2cc3nccc(Oc4ccc([N-]NC5CN(C(C)=O)C5)cc4C)c3s2)nc1.[Y]. The summed E-state index contributed by atoms with van der Waals surface area (Å²) in [6.45, 7) is 10.9. The summed E-state index contributed by atoms with van der Waals surface area (Å²) in [4.78, 5) is 34.1. The van der Waals surface area contributed by atoms with Crippen LogP contribution in [0.15, 0.2) is 54.9 Å². The predicted molar refractivity (Wildman–Crippen MR) is 185 cm³/mol. The molecule has 0 unspecified atom stereocenters. The van der Waals surface area contributed by atoms with Crippen LogP contribution < -0.4 is 15.5 Å². The van der Waals surface area contributed by atoms with Crippen molar-refractivity contribution < 1.29 is 52.1 Å². The van der Waals surface area contributed by atoms with Crippen LogP contribution in [-0.4, -0.2) is 63.6 Å². The molecule has 10 nitrogen and oxygen atoms in total. The molecule has 249 valence electrons. The summed E-state index contributed by atoms with van der Waals surface area (Å²) in [5, 5.41) is 11.3. The number of amides is 2. The second-order valence-corrected chi connectivity index (χ2v) is 12.5. The van der Waals surface area contributed by atoms with Crippen molar-refractivity contribution >= 4 is 39.1 Å². The zero-order valence-electron chi connectivity index (χ0n) is 28.0. The Morgan fingerprint density at radius 2 is 1.81 bits per heavy atom. The number of carbonyl (C=O) groups is 2. The zero-order valence-corrected chi connectivity index (χ0v) is 31.6. The van der Waals surface area contributed by atoms with Gasteiger partial charge in [0.2, 0.25) is 11.8 Å². The fourth-order valence-electron chi connectivity index (χ4n) is 5.08. The molecule has 1 aliphatic heterocycles. The Bertz CT molecular complexity index is 1590. The number of nitrogens with one attached hydrogen (secondary N) is 2. The average Bonchev–Trinajstić information content (AvgIpc) is 3.47. The van der Waals surface area contributed by atoms with Crippen LogP contribution in [0.4, 0.5) is 5.69 Å². The van der Waals surface area contributed by atoms with Crippen LogP contribution in [0.3, 0.4) is 0 Å².